The highest BCUT2D eigenvalue weighted by atomic mass is 16.3. The molecule has 2 rings (SSSR count). The molecule has 3 N–H and O–H groups in total. The van der Waals surface area contributed by atoms with Gasteiger partial charge in [0.25, 0.3) is 0 Å². The molecule has 2 fully saturated rings. The van der Waals surface area contributed by atoms with Crippen molar-refractivity contribution in [3.63, 3.8) is 0 Å². The van der Waals surface area contributed by atoms with Crippen LogP contribution in [0.1, 0.15) is 33.1 Å². The summed E-state index contributed by atoms with van der Waals surface area (Å²) in [6.07, 6.45) is 2.74. The van der Waals surface area contributed by atoms with Crippen molar-refractivity contribution in [1.82, 2.24) is 5.32 Å². The van der Waals surface area contributed by atoms with E-state index in [2.05, 4.69) is 5.32 Å². The van der Waals surface area contributed by atoms with Gasteiger partial charge < -0.3 is 15.5 Å². The van der Waals surface area contributed by atoms with Crippen LogP contribution in [0.15, 0.2) is 0 Å². The molecule has 2 aliphatic rings. The molecule has 1 heterocycles. The summed E-state index contributed by atoms with van der Waals surface area (Å²) in [5.41, 5.74) is -0.525. The Labute approximate surface area is 79.2 Å². The lowest BCUT2D eigenvalue weighted by Gasteiger charge is -2.42. The summed E-state index contributed by atoms with van der Waals surface area (Å²) in [5, 5.41) is 22.9. The zero-order valence-electron chi connectivity index (χ0n) is 8.38. The molecule has 0 aromatic heterocycles. The van der Waals surface area contributed by atoms with Crippen LogP contribution in [0.5, 0.6) is 0 Å². The molecule has 0 radical (unpaired) electrons. The van der Waals surface area contributed by atoms with Crippen molar-refractivity contribution in [2.75, 3.05) is 6.54 Å². The Bertz CT molecular complexity index is 205. The van der Waals surface area contributed by atoms with Crippen LogP contribution in [0, 0.1) is 5.92 Å². The molecule has 1 saturated carbocycles. The van der Waals surface area contributed by atoms with Gasteiger partial charge in [-0.15, -0.1) is 0 Å². The molecule has 2 unspecified atom stereocenters. The Kier molecular flexibility index (Phi) is 1.95. The molecule has 1 aliphatic heterocycles. The standard InChI is InChI=1S/C10H19NO2/c1-9(2,13)8-5-7(12)6-11-10(8)3-4-10/h7-8,11-13H,3-6H2,1-2H3. The van der Waals surface area contributed by atoms with Gasteiger partial charge in [-0.05, 0) is 33.1 Å². The summed E-state index contributed by atoms with van der Waals surface area (Å²) in [5.74, 6) is 0.198. The highest BCUT2D eigenvalue weighted by molar-refractivity contribution is 5.13. The number of β-amino-alcohol motifs (C(OH)–C–C–N with tert-alkyl or cyclic N) is 1. The molecule has 2 atom stereocenters. The first-order chi connectivity index (χ1) is 5.94. The molecule has 3 nitrogen and oxygen atoms in total. The molecule has 3 heteroatoms. The number of nitrogens with one attached hydrogen (secondary N) is 1. The first-order valence-corrected chi connectivity index (χ1v) is 5.09. The maximum atomic E-state index is 9.98. The number of aliphatic hydroxyl groups is 2. The molecule has 1 spiro atoms. The predicted molar refractivity (Wildman–Crippen MR) is 50.4 cm³/mol. The molecule has 0 amide bonds. The second-order valence-electron chi connectivity index (χ2n) is 5.13. The second kappa shape index (κ2) is 2.69. The van der Waals surface area contributed by atoms with E-state index >= 15 is 0 Å². The van der Waals surface area contributed by atoms with Gasteiger partial charge in [0, 0.05) is 18.0 Å². The van der Waals surface area contributed by atoms with E-state index in [4.69, 9.17) is 0 Å². The lowest BCUT2D eigenvalue weighted by Crippen LogP contribution is -2.56. The lowest BCUT2D eigenvalue weighted by atomic mass is 9.76. The Hall–Kier alpha value is -0.120. The van der Waals surface area contributed by atoms with Crippen LogP contribution in [-0.4, -0.2) is 34.0 Å². The van der Waals surface area contributed by atoms with Gasteiger partial charge in [-0.1, -0.05) is 0 Å². The van der Waals surface area contributed by atoms with Crippen LogP contribution >= 0.6 is 0 Å². The quantitative estimate of drug-likeness (QED) is 0.549. The SMILES string of the molecule is CC(C)(O)C1CC(O)CNC12CC2. The Morgan fingerprint density at radius 3 is 2.46 bits per heavy atom. The van der Waals surface area contributed by atoms with Crippen molar-refractivity contribution < 1.29 is 10.2 Å². The van der Waals surface area contributed by atoms with Crippen molar-refractivity contribution in [3.8, 4) is 0 Å². The summed E-state index contributed by atoms with van der Waals surface area (Å²) in [4.78, 5) is 0. The highest BCUT2D eigenvalue weighted by Crippen LogP contribution is 2.50. The largest absolute Gasteiger partial charge is 0.392 e. The van der Waals surface area contributed by atoms with Crippen molar-refractivity contribution in [1.29, 1.82) is 0 Å². The molecule has 1 aliphatic carbocycles. The zero-order valence-corrected chi connectivity index (χ0v) is 8.38. The minimum absolute atomic E-state index is 0.150. The van der Waals surface area contributed by atoms with Gasteiger partial charge in [0.15, 0.2) is 0 Å². The first kappa shape index (κ1) is 9.44. The normalized spacial score (nSPS) is 37.8. The number of rotatable bonds is 1. The molecule has 76 valence electrons. The summed E-state index contributed by atoms with van der Waals surface area (Å²) < 4.78 is 0. The van der Waals surface area contributed by atoms with Gasteiger partial charge in [-0.25, -0.2) is 0 Å². The minimum Gasteiger partial charge on any atom is -0.392 e. The summed E-state index contributed by atoms with van der Waals surface area (Å²) in [6, 6.07) is 0. The Balaban J connectivity index is 2.13. The fourth-order valence-electron chi connectivity index (χ4n) is 2.65. The molecule has 0 aromatic carbocycles. The van der Waals surface area contributed by atoms with Crippen LogP contribution in [-0.2, 0) is 0 Å². The van der Waals surface area contributed by atoms with E-state index < -0.39 is 5.60 Å². The smallest absolute Gasteiger partial charge is 0.0669 e. The van der Waals surface area contributed by atoms with Crippen LogP contribution in [0.4, 0.5) is 0 Å². The highest BCUT2D eigenvalue weighted by Gasteiger charge is 2.56. The Morgan fingerprint density at radius 2 is 2.00 bits per heavy atom. The predicted octanol–water partition coefficient (Wildman–Crippen LogP) is 0.260. The van der Waals surface area contributed by atoms with Crippen LogP contribution in [0.3, 0.4) is 0 Å². The van der Waals surface area contributed by atoms with E-state index in [1.54, 1.807) is 0 Å². The van der Waals surface area contributed by atoms with E-state index in [0.29, 0.717) is 6.54 Å². The van der Waals surface area contributed by atoms with E-state index in [0.717, 1.165) is 19.3 Å². The van der Waals surface area contributed by atoms with Crippen molar-refractivity contribution >= 4 is 0 Å². The summed E-state index contributed by atoms with van der Waals surface area (Å²) in [7, 11) is 0. The first-order valence-electron chi connectivity index (χ1n) is 5.09. The van der Waals surface area contributed by atoms with Crippen LogP contribution in [0.2, 0.25) is 0 Å². The van der Waals surface area contributed by atoms with Gasteiger partial charge in [0.2, 0.25) is 0 Å². The van der Waals surface area contributed by atoms with Gasteiger partial charge in [0.1, 0.15) is 0 Å². The average Bonchev–Trinajstić information content (AvgIpc) is 2.74. The van der Waals surface area contributed by atoms with E-state index in [9.17, 15) is 10.2 Å². The van der Waals surface area contributed by atoms with E-state index in [-0.39, 0.29) is 17.6 Å². The van der Waals surface area contributed by atoms with Crippen LogP contribution < -0.4 is 5.32 Å². The van der Waals surface area contributed by atoms with Gasteiger partial charge in [-0.3, -0.25) is 0 Å². The number of piperidine rings is 1. The molecular weight excluding hydrogens is 166 g/mol. The van der Waals surface area contributed by atoms with Gasteiger partial charge >= 0.3 is 0 Å². The third-order valence-corrected chi connectivity index (χ3v) is 3.51. The maximum Gasteiger partial charge on any atom is 0.0669 e. The third-order valence-electron chi connectivity index (χ3n) is 3.51. The average molecular weight is 185 g/mol. The summed E-state index contributed by atoms with van der Waals surface area (Å²) in [6.45, 7) is 4.38. The topological polar surface area (TPSA) is 52.5 Å². The minimum atomic E-state index is -0.676. The van der Waals surface area contributed by atoms with Crippen molar-refractivity contribution in [3.05, 3.63) is 0 Å². The molecule has 1 saturated heterocycles. The van der Waals surface area contributed by atoms with Gasteiger partial charge in [0.05, 0.1) is 11.7 Å². The molecular formula is C10H19NO2. The molecule has 13 heavy (non-hydrogen) atoms. The fourth-order valence-corrected chi connectivity index (χ4v) is 2.65. The zero-order chi connectivity index (χ0) is 9.69. The summed E-state index contributed by atoms with van der Waals surface area (Å²) >= 11 is 0. The molecule has 0 bridgehead atoms. The third kappa shape index (κ3) is 1.60. The number of aliphatic hydroxyl groups excluding tert-OH is 1. The second-order valence-corrected chi connectivity index (χ2v) is 5.13. The van der Waals surface area contributed by atoms with E-state index in [1.165, 1.54) is 0 Å². The van der Waals surface area contributed by atoms with Gasteiger partial charge in [-0.2, -0.15) is 0 Å². The number of hydrogen-bond acceptors (Lipinski definition) is 3. The Morgan fingerprint density at radius 1 is 1.38 bits per heavy atom. The number of hydrogen-bond donors (Lipinski definition) is 3. The fraction of sp³-hybridized carbons (Fsp3) is 1.00. The van der Waals surface area contributed by atoms with E-state index in [1.807, 2.05) is 13.8 Å². The molecule has 0 aromatic rings. The lowest BCUT2D eigenvalue weighted by molar-refractivity contribution is -0.0481. The van der Waals surface area contributed by atoms with Crippen molar-refractivity contribution in [2.24, 2.45) is 5.92 Å². The maximum absolute atomic E-state index is 9.98. The van der Waals surface area contributed by atoms with Crippen molar-refractivity contribution in [2.45, 2.75) is 50.4 Å². The van der Waals surface area contributed by atoms with Crippen LogP contribution in [0.25, 0.3) is 0 Å². The monoisotopic (exact) mass is 185 g/mol.